The molecule has 0 saturated carbocycles. The molecule has 21 heavy (non-hydrogen) atoms. The van der Waals surface area contributed by atoms with Crippen molar-refractivity contribution in [3.8, 4) is 0 Å². The van der Waals surface area contributed by atoms with E-state index in [2.05, 4.69) is 29.5 Å². The number of amides is 1. The Bertz CT molecular complexity index is 631. The molecular formula is C17H23N3O. The maximum Gasteiger partial charge on any atom is 0.222 e. The molecule has 0 spiro atoms. The Morgan fingerprint density at radius 1 is 1.29 bits per heavy atom. The van der Waals surface area contributed by atoms with Crippen LogP contribution in [0.1, 0.15) is 41.9 Å². The summed E-state index contributed by atoms with van der Waals surface area (Å²) in [6, 6.07) is 10.3. The van der Waals surface area contributed by atoms with Gasteiger partial charge in [-0.2, -0.15) is 5.10 Å². The molecule has 0 aliphatic heterocycles. The van der Waals surface area contributed by atoms with Crippen LogP contribution in [0.3, 0.4) is 0 Å². The molecule has 0 aliphatic carbocycles. The van der Waals surface area contributed by atoms with E-state index in [1.807, 2.05) is 43.7 Å². The predicted octanol–water partition coefficient (Wildman–Crippen LogP) is 3.08. The number of nitrogens with one attached hydrogen (secondary N) is 1. The van der Waals surface area contributed by atoms with Gasteiger partial charge in [-0.3, -0.25) is 9.48 Å². The van der Waals surface area contributed by atoms with Crippen LogP contribution in [-0.2, 0) is 11.3 Å². The molecule has 0 bridgehead atoms. The molecule has 0 radical (unpaired) electrons. The van der Waals surface area contributed by atoms with Gasteiger partial charge in [0.05, 0.1) is 11.7 Å². The number of hydrogen-bond acceptors (Lipinski definition) is 2. The number of nitrogens with zero attached hydrogens (tertiary/aromatic N) is 2. The Labute approximate surface area is 126 Å². The maximum atomic E-state index is 12.1. The van der Waals surface area contributed by atoms with Crippen molar-refractivity contribution in [3.63, 3.8) is 0 Å². The zero-order valence-corrected chi connectivity index (χ0v) is 13.2. The summed E-state index contributed by atoms with van der Waals surface area (Å²) >= 11 is 0. The fraction of sp³-hybridized carbons (Fsp3) is 0.412. The van der Waals surface area contributed by atoms with Crippen LogP contribution >= 0.6 is 0 Å². The third kappa shape index (κ3) is 4.18. The van der Waals surface area contributed by atoms with Crippen molar-refractivity contribution in [2.24, 2.45) is 0 Å². The minimum absolute atomic E-state index is 0.0524. The lowest BCUT2D eigenvalue weighted by Crippen LogP contribution is -2.26. The molecule has 0 aliphatic rings. The number of carbonyl (C=O) groups excluding carboxylic acids is 1. The average molecular weight is 285 g/mol. The van der Waals surface area contributed by atoms with Gasteiger partial charge >= 0.3 is 0 Å². The van der Waals surface area contributed by atoms with Gasteiger partial charge in [0.2, 0.25) is 5.91 Å². The second kappa shape index (κ2) is 6.57. The summed E-state index contributed by atoms with van der Waals surface area (Å²) in [5.41, 5.74) is 4.41. The van der Waals surface area contributed by atoms with Gasteiger partial charge in [0.25, 0.3) is 0 Å². The van der Waals surface area contributed by atoms with Gasteiger partial charge in [-0.05, 0) is 39.3 Å². The Balaban J connectivity index is 1.88. The summed E-state index contributed by atoms with van der Waals surface area (Å²) in [6.45, 7) is 8.63. The van der Waals surface area contributed by atoms with E-state index in [-0.39, 0.29) is 11.9 Å². The molecule has 4 nitrogen and oxygen atoms in total. The quantitative estimate of drug-likeness (QED) is 0.917. The van der Waals surface area contributed by atoms with Crippen LogP contribution in [0, 0.1) is 20.8 Å². The molecule has 4 heteroatoms. The van der Waals surface area contributed by atoms with Crippen LogP contribution in [0.4, 0.5) is 0 Å². The van der Waals surface area contributed by atoms with Crippen LogP contribution in [0.5, 0.6) is 0 Å². The van der Waals surface area contributed by atoms with Crippen molar-refractivity contribution >= 4 is 5.91 Å². The zero-order valence-electron chi connectivity index (χ0n) is 13.2. The zero-order chi connectivity index (χ0) is 15.4. The van der Waals surface area contributed by atoms with Crippen molar-refractivity contribution in [1.29, 1.82) is 0 Å². The predicted molar refractivity (Wildman–Crippen MR) is 84.1 cm³/mol. The second-order valence-corrected chi connectivity index (χ2v) is 5.69. The highest BCUT2D eigenvalue weighted by Gasteiger charge is 2.13. The summed E-state index contributed by atoms with van der Waals surface area (Å²) in [5, 5.41) is 7.40. The van der Waals surface area contributed by atoms with Crippen molar-refractivity contribution in [2.75, 3.05) is 0 Å². The van der Waals surface area contributed by atoms with Crippen LogP contribution < -0.4 is 5.32 Å². The van der Waals surface area contributed by atoms with Crippen molar-refractivity contribution in [1.82, 2.24) is 15.1 Å². The SMILES string of the molecule is Cc1cccc(CNC(=O)C[C@H](C)n2nc(C)cc2C)c1. The second-order valence-electron chi connectivity index (χ2n) is 5.69. The first-order valence-electron chi connectivity index (χ1n) is 7.30. The van der Waals surface area contributed by atoms with Gasteiger partial charge in [-0.1, -0.05) is 29.8 Å². The van der Waals surface area contributed by atoms with Gasteiger partial charge in [-0.15, -0.1) is 0 Å². The molecule has 1 aromatic heterocycles. The van der Waals surface area contributed by atoms with E-state index in [1.54, 1.807) is 0 Å². The molecule has 1 aromatic carbocycles. The molecule has 0 unspecified atom stereocenters. The molecule has 2 aromatic rings. The molecule has 1 atom stereocenters. The first kappa shape index (κ1) is 15.3. The Hall–Kier alpha value is -2.10. The van der Waals surface area contributed by atoms with E-state index in [0.717, 1.165) is 17.0 Å². The minimum Gasteiger partial charge on any atom is -0.352 e. The molecule has 1 heterocycles. The normalized spacial score (nSPS) is 12.2. The smallest absolute Gasteiger partial charge is 0.222 e. The summed E-state index contributed by atoms with van der Waals surface area (Å²) in [4.78, 5) is 12.1. The average Bonchev–Trinajstić information content (AvgIpc) is 2.75. The highest BCUT2D eigenvalue weighted by Crippen LogP contribution is 2.14. The fourth-order valence-electron chi connectivity index (χ4n) is 2.54. The van der Waals surface area contributed by atoms with Gasteiger partial charge in [0.1, 0.15) is 0 Å². The van der Waals surface area contributed by atoms with Crippen molar-refractivity contribution < 1.29 is 4.79 Å². The topological polar surface area (TPSA) is 46.9 Å². The Kier molecular flexibility index (Phi) is 4.78. The highest BCUT2D eigenvalue weighted by molar-refractivity contribution is 5.76. The van der Waals surface area contributed by atoms with Crippen LogP contribution in [0.15, 0.2) is 30.3 Å². The fourth-order valence-corrected chi connectivity index (χ4v) is 2.54. The first-order chi connectivity index (χ1) is 9.95. The van der Waals surface area contributed by atoms with Crippen molar-refractivity contribution in [3.05, 3.63) is 52.8 Å². The lowest BCUT2D eigenvalue weighted by atomic mass is 10.1. The third-order valence-corrected chi connectivity index (χ3v) is 3.52. The van der Waals surface area contributed by atoms with Gasteiger partial charge in [-0.25, -0.2) is 0 Å². The molecule has 1 amide bonds. The molecular weight excluding hydrogens is 262 g/mol. The molecule has 1 N–H and O–H groups in total. The number of carbonyl (C=O) groups is 1. The van der Waals surface area contributed by atoms with Gasteiger partial charge in [0.15, 0.2) is 0 Å². The van der Waals surface area contributed by atoms with E-state index in [9.17, 15) is 4.79 Å². The van der Waals surface area contributed by atoms with E-state index in [1.165, 1.54) is 5.56 Å². The number of aryl methyl sites for hydroxylation is 3. The first-order valence-corrected chi connectivity index (χ1v) is 7.30. The monoisotopic (exact) mass is 285 g/mol. The summed E-state index contributed by atoms with van der Waals surface area (Å²) in [5.74, 6) is 0.0524. The maximum absolute atomic E-state index is 12.1. The largest absolute Gasteiger partial charge is 0.352 e. The number of rotatable bonds is 5. The summed E-state index contributed by atoms with van der Waals surface area (Å²) in [6.07, 6.45) is 0.438. The lowest BCUT2D eigenvalue weighted by molar-refractivity contribution is -0.122. The van der Waals surface area contributed by atoms with Gasteiger partial charge < -0.3 is 5.32 Å². The Morgan fingerprint density at radius 2 is 2.05 bits per heavy atom. The molecule has 2 rings (SSSR count). The number of aromatic nitrogens is 2. The van der Waals surface area contributed by atoms with Gasteiger partial charge in [0, 0.05) is 18.7 Å². The Morgan fingerprint density at radius 3 is 2.67 bits per heavy atom. The van der Waals surface area contributed by atoms with E-state index in [4.69, 9.17) is 0 Å². The molecule has 112 valence electrons. The van der Waals surface area contributed by atoms with Crippen LogP contribution in [-0.4, -0.2) is 15.7 Å². The minimum atomic E-state index is 0.0524. The van der Waals surface area contributed by atoms with E-state index in [0.29, 0.717) is 13.0 Å². The van der Waals surface area contributed by atoms with Crippen molar-refractivity contribution in [2.45, 2.75) is 46.7 Å². The van der Waals surface area contributed by atoms with Crippen LogP contribution in [0.25, 0.3) is 0 Å². The highest BCUT2D eigenvalue weighted by atomic mass is 16.1. The summed E-state index contributed by atoms with van der Waals surface area (Å²) in [7, 11) is 0. The van der Waals surface area contributed by atoms with E-state index >= 15 is 0 Å². The van der Waals surface area contributed by atoms with E-state index < -0.39 is 0 Å². The molecule has 0 fully saturated rings. The number of benzene rings is 1. The lowest BCUT2D eigenvalue weighted by Gasteiger charge is -2.14. The standard InChI is InChI=1S/C17H23N3O/c1-12-6-5-7-16(8-12)11-18-17(21)10-15(4)20-14(3)9-13(2)19-20/h5-9,15H,10-11H2,1-4H3,(H,18,21)/t15-/m0/s1. The third-order valence-electron chi connectivity index (χ3n) is 3.52. The van der Waals surface area contributed by atoms with Crippen LogP contribution in [0.2, 0.25) is 0 Å². The molecule has 0 saturated heterocycles. The summed E-state index contributed by atoms with van der Waals surface area (Å²) < 4.78 is 1.92. The number of hydrogen-bond donors (Lipinski definition) is 1.